The summed E-state index contributed by atoms with van der Waals surface area (Å²) in [6.07, 6.45) is 3.08. The van der Waals surface area contributed by atoms with Gasteiger partial charge in [-0.25, -0.2) is 9.97 Å². The van der Waals surface area contributed by atoms with E-state index in [0.29, 0.717) is 40.2 Å². The topological polar surface area (TPSA) is 111 Å². The SMILES string of the molecule is COC[C@@H](C)n1c(C)c(C(=O)NCc2c(OC)cc(C)[nH]c2=O)c2cncnc21. The van der Waals surface area contributed by atoms with Crippen LogP contribution in [0, 0.1) is 13.8 Å². The van der Waals surface area contributed by atoms with Gasteiger partial charge in [-0.05, 0) is 26.8 Å². The van der Waals surface area contributed by atoms with Gasteiger partial charge in [0.1, 0.15) is 17.7 Å². The van der Waals surface area contributed by atoms with E-state index < -0.39 is 0 Å². The first-order valence-electron chi connectivity index (χ1n) is 9.23. The molecule has 0 fully saturated rings. The number of nitrogens with one attached hydrogen (secondary N) is 2. The number of ether oxygens (including phenoxy) is 2. The smallest absolute Gasteiger partial charge is 0.256 e. The number of methoxy groups -OCH3 is 2. The number of carbonyl (C=O) groups is 1. The van der Waals surface area contributed by atoms with E-state index in [-0.39, 0.29) is 24.1 Å². The van der Waals surface area contributed by atoms with Crippen molar-refractivity contribution in [2.75, 3.05) is 20.8 Å². The van der Waals surface area contributed by atoms with E-state index in [1.54, 1.807) is 26.3 Å². The Morgan fingerprint density at radius 2 is 2.10 bits per heavy atom. The number of amides is 1. The number of rotatable bonds is 7. The number of nitrogens with zero attached hydrogens (tertiary/aromatic N) is 3. The van der Waals surface area contributed by atoms with Crippen molar-refractivity contribution in [3.8, 4) is 5.75 Å². The van der Waals surface area contributed by atoms with Gasteiger partial charge in [0, 0.05) is 24.7 Å². The van der Waals surface area contributed by atoms with Crippen molar-refractivity contribution in [3.63, 3.8) is 0 Å². The maximum absolute atomic E-state index is 13.1. The number of hydrogen-bond donors (Lipinski definition) is 2. The summed E-state index contributed by atoms with van der Waals surface area (Å²) in [6.45, 7) is 6.14. The van der Waals surface area contributed by atoms with Crippen LogP contribution in [0.1, 0.15) is 40.3 Å². The minimum absolute atomic E-state index is 0.0148. The van der Waals surface area contributed by atoms with Crippen LogP contribution in [0.2, 0.25) is 0 Å². The van der Waals surface area contributed by atoms with Gasteiger partial charge in [0.25, 0.3) is 11.5 Å². The van der Waals surface area contributed by atoms with Crippen LogP contribution in [0.25, 0.3) is 11.0 Å². The highest BCUT2D eigenvalue weighted by Gasteiger charge is 2.24. The van der Waals surface area contributed by atoms with Gasteiger partial charge < -0.3 is 24.3 Å². The molecule has 1 atom stereocenters. The summed E-state index contributed by atoms with van der Waals surface area (Å²) < 4.78 is 12.5. The molecule has 0 unspecified atom stereocenters. The summed E-state index contributed by atoms with van der Waals surface area (Å²) in [5, 5.41) is 3.48. The lowest BCUT2D eigenvalue weighted by Crippen LogP contribution is -2.28. The minimum atomic E-state index is -0.312. The largest absolute Gasteiger partial charge is 0.496 e. The minimum Gasteiger partial charge on any atom is -0.496 e. The molecule has 3 heterocycles. The number of pyridine rings is 1. The number of fused-ring (bicyclic) bond motifs is 1. The van der Waals surface area contributed by atoms with Crippen LogP contribution in [0.5, 0.6) is 5.75 Å². The number of aryl methyl sites for hydroxylation is 1. The first-order valence-corrected chi connectivity index (χ1v) is 9.23. The Balaban J connectivity index is 1.97. The Bertz CT molecular complexity index is 1100. The quantitative estimate of drug-likeness (QED) is 0.628. The van der Waals surface area contributed by atoms with Crippen LogP contribution in [0.4, 0.5) is 0 Å². The zero-order valence-electron chi connectivity index (χ0n) is 17.2. The normalized spacial score (nSPS) is 12.2. The molecule has 0 saturated carbocycles. The number of aromatic amines is 1. The van der Waals surface area contributed by atoms with Gasteiger partial charge >= 0.3 is 0 Å². The molecule has 0 aliphatic carbocycles. The maximum atomic E-state index is 13.1. The maximum Gasteiger partial charge on any atom is 0.256 e. The highest BCUT2D eigenvalue weighted by molar-refractivity contribution is 6.07. The lowest BCUT2D eigenvalue weighted by atomic mass is 10.1. The molecule has 29 heavy (non-hydrogen) atoms. The third-order valence-corrected chi connectivity index (χ3v) is 4.86. The predicted molar refractivity (Wildman–Crippen MR) is 108 cm³/mol. The van der Waals surface area contributed by atoms with Crippen molar-refractivity contribution < 1.29 is 14.3 Å². The molecule has 0 spiro atoms. The molecule has 154 valence electrons. The van der Waals surface area contributed by atoms with Crippen molar-refractivity contribution in [3.05, 3.63) is 51.5 Å². The zero-order valence-corrected chi connectivity index (χ0v) is 17.2. The molecule has 0 aliphatic heterocycles. The number of aromatic nitrogens is 4. The highest BCUT2D eigenvalue weighted by Crippen LogP contribution is 2.27. The average Bonchev–Trinajstić information content (AvgIpc) is 2.98. The number of H-pyrrole nitrogens is 1. The second kappa shape index (κ2) is 8.44. The van der Waals surface area contributed by atoms with E-state index in [0.717, 1.165) is 5.69 Å². The molecular weight excluding hydrogens is 374 g/mol. The van der Waals surface area contributed by atoms with Crippen molar-refractivity contribution in [1.29, 1.82) is 0 Å². The van der Waals surface area contributed by atoms with Crippen LogP contribution in [0.3, 0.4) is 0 Å². The standard InChI is InChI=1S/C20H25N5O4/c1-11-6-16(29-5)14(19(26)24-11)8-22-20(27)17-13(3)25(12(2)9-28-4)18-15(17)7-21-10-23-18/h6-7,10,12H,8-9H2,1-5H3,(H,22,27)(H,24,26)/t12-/m1/s1. The molecule has 9 heteroatoms. The molecule has 2 N–H and O–H groups in total. The molecule has 3 aromatic heterocycles. The van der Waals surface area contributed by atoms with E-state index in [4.69, 9.17) is 9.47 Å². The van der Waals surface area contributed by atoms with Crippen LogP contribution in [-0.2, 0) is 11.3 Å². The fraction of sp³-hybridized carbons (Fsp3) is 0.400. The van der Waals surface area contributed by atoms with Gasteiger partial charge in [0.2, 0.25) is 0 Å². The van der Waals surface area contributed by atoms with E-state index in [1.165, 1.54) is 13.4 Å². The Hall–Kier alpha value is -3.20. The third kappa shape index (κ3) is 3.86. The van der Waals surface area contributed by atoms with Gasteiger partial charge in [-0.3, -0.25) is 9.59 Å². The molecule has 0 aliphatic rings. The van der Waals surface area contributed by atoms with Gasteiger partial charge in [0.05, 0.1) is 42.8 Å². The fourth-order valence-electron chi connectivity index (χ4n) is 3.60. The molecule has 0 radical (unpaired) electrons. The van der Waals surface area contributed by atoms with Crippen LogP contribution in [-0.4, -0.2) is 46.3 Å². The molecule has 0 aromatic carbocycles. The lowest BCUT2D eigenvalue weighted by Gasteiger charge is -2.16. The van der Waals surface area contributed by atoms with Gasteiger partial charge in [0.15, 0.2) is 0 Å². The van der Waals surface area contributed by atoms with E-state index in [2.05, 4.69) is 20.3 Å². The Labute approximate surface area is 168 Å². The second-order valence-electron chi connectivity index (χ2n) is 6.91. The van der Waals surface area contributed by atoms with Crippen LogP contribution in [0.15, 0.2) is 23.4 Å². The van der Waals surface area contributed by atoms with E-state index in [9.17, 15) is 9.59 Å². The number of carbonyl (C=O) groups excluding carboxylic acids is 1. The Morgan fingerprint density at radius 3 is 2.79 bits per heavy atom. The van der Waals surface area contributed by atoms with Crippen molar-refractivity contribution >= 4 is 16.9 Å². The summed E-state index contributed by atoms with van der Waals surface area (Å²) in [5.74, 6) is 0.121. The predicted octanol–water partition coefficient (Wildman–Crippen LogP) is 1.88. The molecule has 0 saturated heterocycles. The van der Waals surface area contributed by atoms with Crippen molar-refractivity contribution in [2.24, 2.45) is 0 Å². The molecule has 1 amide bonds. The molecular formula is C20H25N5O4. The molecule has 3 rings (SSSR count). The Morgan fingerprint density at radius 1 is 1.34 bits per heavy atom. The highest BCUT2D eigenvalue weighted by atomic mass is 16.5. The second-order valence-corrected chi connectivity index (χ2v) is 6.91. The average molecular weight is 399 g/mol. The zero-order chi connectivity index (χ0) is 21.1. The van der Waals surface area contributed by atoms with Crippen molar-refractivity contribution in [2.45, 2.75) is 33.4 Å². The monoisotopic (exact) mass is 399 g/mol. The summed E-state index contributed by atoms with van der Waals surface area (Å²) in [5.41, 5.74) is 2.65. The van der Waals surface area contributed by atoms with Crippen LogP contribution >= 0.6 is 0 Å². The van der Waals surface area contributed by atoms with E-state index >= 15 is 0 Å². The van der Waals surface area contributed by atoms with Gasteiger partial charge in [-0.15, -0.1) is 0 Å². The molecule has 9 nitrogen and oxygen atoms in total. The summed E-state index contributed by atoms with van der Waals surface area (Å²) in [7, 11) is 3.12. The number of hydrogen-bond acceptors (Lipinski definition) is 6. The first kappa shape index (κ1) is 20.5. The van der Waals surface area contributed by atoms with E-state index in [1.807, 2.05) is 18.4 Å². The summed E-state index contributed by atoms with van der Waals surface area (Å²) in [6, 6.07) is 1.71. The fourth-order valence-corrected chi connectivity index (χ4v) is 3.60. The summed E-state index contributed by atoms with van der Waals surface area (Å²) >= 11 is 0. The third-order valence-electron chi connectivity index (χ3n) is 4.86. The first-order chi connectivity index (χ1) is 13.9. The van der Waals surface area contributed by atoms with Gasteiger partial charge in [-0.1, -0.05) is 0 Å². The van der Waals surface area contributed by atoms with Crippen molar-refractivity contribution in [1.82, 2.24) is 24.8 Å². The molecule has 3 aromatic rings. The van der Waals surface area contributed by atoms with Crippen LogP contribution < -0.4 is 15.6 Å². The lowest BCUT2D eigenvalue weighted by molar-refractivity contribution is 0.0951. The Kier molecular flexibility index (Phi) is 5.97. The molecule has 0 bridgehead atoms. The summed E-state index contributed by atoms with van der Waals surface area (Å²) in [4.78, 5) is 36.5. The van der Waals surface area contributed by atoms with Gasteiger partial charge in [-0.2, -0.15) is 0 Å².